The topological polar surface area (TPSA) is 102 Å². The first-order valence-corrected chi connectivity index (χ1v) is 10.2. The van der Waals surface area contributed by atoms with E-state index in [1.54, 1.807) is 18.2 Å². The third-order valence-electron chi connectivity index (χ3n) is 2.89. The summed E-state index contributed by atoms with van der Waals surface area (Å²) in [6.07, 6.45) is 2.08. The van der Waals surface area contributed by atoms with E-state index in [0.29, 0.717) is 30.4 Å². The second-order valence-corrected chi connectivity index (χ2v) is 8.57. The van der Waals surface area contributed by atoms with Gasteiger partial charge in [-0.05, 0) is 12.1 Å². The van der Waals surface area contributed by atoms with Gasteiger partial charge in [-0.3, -0.25) is 4.31 Å². The molecule has 22 heavy (non-hydrogen) atoms. The molecular formula is C12H18N2O6S2. The highest BCUT2D eigenvalue weighted by molar-refractivity contribution is 7.92. The maximum atomic E-state index is 11.9. The van der Waals surface area contributed by atoms with E-state index in [4.69, 9.17) is 9.47 Å². The van der Waals surface area contributed by atoms with E-state index in [1.165, 1.54) is 0 Å². The molecule has 0 spiro atoms. The summed E-state index contributed by atoms with van der Waals surface area (Å²) in [6, 6.07) is 4.79. The van der Waals surface area contributed by atoms with Crippen molar-refractivity contribution in [3.63, 3.8) is 0 Å². The van der Waals surface area contributed by atoms with Gasteiger partial charge in [-0.15, -0.1) is 0 Å². The molecule has 2 rings (SSSR count). The molecule has 0 bridgehead atoms. The predicted molar refractivity (Wildman–Crippen MR) is 82.5 cm³/mol. The lowest BCUT2D eigenvalue weighted by molar-refractivity contribution is 0.171. The highest BCUT2D eigenvalue weighted by Gasteiger charge is 2.20. The number of ether oxygens (including phenoxy) is 2. The van der Waals surface area contributed by atoms with E-state index in [-0.39, 0.29) is 13.1 Å². The van der Waals surface area contributed by atoms with Gasteiger partial charge in [0.1, 0.15) is 13.2 Å². The first-order valence-electron chi connectivity index (χ1n) is 6.49. The fourth-order valence-corrected chi connectivity index (χ4v) is 3.39. The third kappa shape index (κ3) is 4.49. The molecule has 1 aliphatic heterocycles. The Morgan fingerprint density at radius 1 is 1.09 bits per heavy atom. The highest BCUT2D eigenvalue weighted by Crippen LogP contribution is 2.34. The van der Waals surface area contributed by atoms with Gasteiger partial charge in [0.2, 0.25) is 20.0 Å². The van der Waals surface area contributed by atoms with E-state index in [0.717, 1.165) is 16.8 Å². The lowest BCUT2D eigenvalue weighted by atomic mass is 10.2. The molecule has 0 saturated heterocycles. The van der Waals surface area contributed by atoms with Crippen molar-refractivity contribution in [2.24, 2.45) is 0 Å². The molecule has 1 aromatic rings. The molecule has 124 valence electrons. The van der Waals surface area contributed by atoms with Crippen LogP contribution in [-0.4, -0.2) is 55.7 Å². The van der Waals surface area contributed by atoms with E-state index in [1.807, 2.05) is 0 Å². The Kier molecular flexibility index (Phi) is 4.83. The number of nitrogens with zero attached hydrogens (tertiary/aromatic N) is 1. The van der Waals surface area contributed by atoms with Crippen LogP contribution in [0.3, 0.4) is 0 Å². The zero-order valence-electron chi connectivity index (χ0n) is 12.3. The van der Waals surface area contributed by atoms with Gasteiger partial charge in [0.25, 0.3) is 0 Å². The van der Waals surface area contributed by atoms with Crippen LogP contribution in [0.25, 0.3) is 0 Å². The molecule has 1 heterocycles. The van der Waals surface area contributed by atoms with Gasteiger partial charge >= 0.3 is 0 Å². The minimum atomic E-state index is -3.56. The number of nitrogens with one attached hydrogen (secondary N) is 1. The smallest absolute Gasteiger partial charge is 0.232 e. The van der Waals surface area contributed by atoms with Crippen molar-refractivity contribution in [2.45, 2.75) is 0 Å². The molecule has 0 saturated carbocycles. The number of fused-ring (bicyclic) bond motifs is 1. The maximum absolute atomic E-state index is 11.9. The minimum absolute atomic E-state index is 0.0223. The first kappa shape index (κ1) is 16.8. The van der Waals surface area contributed by atoms with Crippen LogP contribution in [0.1, 0.15) is 0 Å². The second kappa shape index (κ2) is 6.31. The summed E-state index contributed by atoms with van der Waals surface area (Å²) in [4.78, 5) is 0. The van der Waals surface area contributed by atoms with Crippen LogP contribution in [0.15, 0.2) is 18.2 Å². The van der Waals surface area contributed by atoms with Crippen LogP contribution in [0.4, 0.5) is 5.69 Å². The van der Waals surface area contributed by atoms with Crippen molar-refractivity contribution in [3.05, 3.63) is 18.2 Å². The van der Waals surface area contributed by atoms with Crippen molar-refractivity contribution < 1.29 is 26.3 Å². The molecule has 1 aromatic carbocycles. The van der Waals surface area contributed by atoms with Gasteiger partial charge in [0.15, 0.2) is 11.5 Å². The molecule has 0 aliphatic carbocycles. The second-order valence-electron chi connectivity index (χ2n) is 4.83. The van der Waals surface area contributed by atoms with Gasteiger partial charge in [0, 0.05) is 19.2 Å². The molecule has 0 unspecified atom stereocenters. The summed E-state index contributed by atoms with van der Waals surface area (Å²) in [5.41, 5.74) is 0.391. The number of sulfonamides is 2. The van der Waals surface area contributed by atoms with Crippen LogP contribution in [0, 0.1) is 0 Å². The number of hydrogen-bond acceptors (Lipinski definition) is 6. The fourth-order valence-electron chi connectivity index (χ4n) is 2.01. The predicted octanol–water partition coefficient (Wildman–Crippen LogP) is -0.227. The Balaban J connectivity index is 2.22. The van der Waals surface area contributed by atoms with Gasteiger partial charge in [-0.25, -0.2) is 21.6 Å². The molecule has 0 amide bonds. The van der Waals surface area contributed by atoms with Crippen molar-refractivity contribution in [2.75, 3.05) is 43.1 Å². The summed E-state index contributed by atoms with van der Waals surface area (Å²) in [6.45, 7) is 0.789. The van der Waals surface area contributed by atoms with Crippen molar-refractivity contribution in [3.8, 4) is 11.5 Å². The summed E-state index contributed by atoms with van der Waals surface area (Å²) in [5.74, 6) is 1.02. The van der Waals surface area contributed by atoms with E-state index in [2.05, 4.69) is 4.72 Å². The normalized spacial score (nSPS) is 14.6. The fraction of sp³-hybridized carbons (Fsp3) is 0.500. The summed E-state index contributed by atoms with van der Waals surface area (Å²) in [5, 5.41) is 0. The van der Waals surface area contributed by atoms with E-state index in [9.17, 15) is 16.8 Å². The molecule has 10 heteroatoms. The maximum Gasteiger partial charge on any atom is 0.232 e. The van der Waals surface area contributed by atoms with Crippen LogP contribution >= 0.6 is 0 Å². The molecule has 1 aliphatic rings. The number of hydrogen-bond donors (Lipinski definition) is 1. The van der Waals surface area contributed by atoms with Crippen LogP contribution in [0.5, 0.6) is 11.5 Å². The lowest BCUT2D eigenvalue weighted by Gasteiger charge is -2.25. The zero-order chi connectivity index (χ0) is 16.4. The zero-order valence-corrected chi connectivity index (χ0v) is 13.9. The van der Waals surface area contributed by atoms with Crippen LogP contribution in [-0.2, 0) is 20.0 Å². The summed E-state index contributed by atoms with van der Waals surface area (Å²) >= 11 is 0. The minimum Gasteiger partial charge on any atom is -0.486 e. The lowest BCUT2D eigenvalue weighted by Crippen LogP contribution is -2.37. The Hall–Kier alpha value is -1.52. The molecule has 8 nitrogen and oxygen atoms in total. The number of rotatable bonds is 6. The summed E-state index contributed by atoms with van der Waals surface area (Å²) in [7, 11) is -6.94. The first-order chi connectivity index (χ1) is 10.2. The Labute approximate surface area is 130 Å². The molecule has 0 radical (unpaired) electrons. The summed E-state index contributed by atoms with van der Waals surface area (Å²) < 4.78 is 60.2. The van der Waals surface area contributed by atoms with Crippen LogP contribution in [0.2, 0.25) is 0 Å². The van der Waals surface area contributed by atoms with Gasteiger partial charge < -0.3 is 9.47 Å². The molecule has 1 N–H and O–H groups in total. The average molecular weight is 350 g/mol. The number of benzene rings is 1. The van der Waals surface area contributed by atoms with Gasteiger partial charge in [-0.1, -0.05) is 0 Å². The largest absolute Gasteiger partial charge is 0.486 e. The van der Waals surface area contributed by atoms with Crippen molar-refractivity contribution in [1.82, 2.24) is 4.72 Å². The quantitative estimate of drug-likeness (QED) is 0.761. The van der Waals surface area contributed by atoms with E-state index < -0.39 is 20.0 Å². The average Bonchev–Trinajstić information content (AvgIpc) is 2.40. The molecule has 0 fully saturated rings. The monoisotopic (exact) mass is 350 g/mol. The van der Waals surface area contributed by atoms with Gasteiger partial charge in [0.05, 0.1) is 18.2 Å². The van der Waals surface area contributed by atoms with Crippen molar-refractivity contribution >= 4 is 25.7 Å². The molecule has 0 aromatic heterocycles. The van der Waals surface area contributed by atoms with Crippen molar-refractivity contribution in [1.29, 1.82) is 0 Å². The Bertz CT molecular complexity index is 745. The molecular weight excluding hydrogens is 332 g/mol. The van der Waals surface area contributed by atoms with Crippen LogP contribution < -0.4 is 18.5 Å². The van der Waals surface area contributed by atoms with E-state index >= 15 is 0 Å². The standard InChI is InChI=1S/C12H18N2O6S2/c1-21(15,16)13-5-6-14(22(2,17)18)10-3-4-11-12(9-10)20-8-7-19-11/h3-4,9,13H,5-8H2,1-2H3. The Morgan fingerprint density at radius 2 is 1.73 bits per heavy atom. The SMILES string of the molecule is CS(=O)(=O)NCCN(c1ccc2c(c1)OCCO2)S(C)(=O)=O. The van der Waals surface area contributed by atoms with Gasteiger partial charge in [-0.2, -0.15) is 0 Å². The highest BCUT2D eigenvalue weighted by atomic mass is 32.2. The third-order valence-corrected chi connectivity index (χ3v) is 4.82. The number of anilines is 1. The molecule has 0 atom stereocenters. The Morgan fingerprint density at radius 3 is 2.32 bits per heavy atom.